The molecule has 3 amide bonds. The molecular formula is C17H34N4O6. The molecule has 0 aromatic heterocycles. The van der Waals surface area contributed by atoms with E-state index in [1.807, 2.05) is 0 Å². The van der Waals surface area contributed by atoms with E-state index in [0.29, 0.717) is 0 Å². The van der Waals surface area contributed by atoms with Crippen LogP contribution in [0.25, 0.3) is 0 Å². The summed E-state index contributed by atoms with van der Waals surface area (Å²) in [4.78, 5) is 36.5. The van der Waals surface area contributed by atoms with E-state index < -0.39 is 41.4 Å². The minimum Gasteiger partial charge on any atom is -0.465 e. The van der Waals surface area contributed by atoms with Crippen LogP contribution in [0.5, 0.6) is 0 Å². The van der Waals surface area contributed by atoms with Gasteiger partial charge in [-0.05, 0) is 54.5 Å². The van der Waals surface area contributed by atoms with Crippen molar-refractivity contribution in [1.29, 1.82) is 0 Å². The van der Waals surface area contributed by atoms with Gasteiger partial charge in [-0.25, -0.2) is 9.59 Å². The molecule has 0 bridgehead atoms. The number of carbonyl (C=O) groups excluding carboxylic acids is 2. The predicted molar refractivity (Wildman–Crippen MR) is 100 cm³/mol. The number of alkyl carbamates (subject to hydrolysis) is 1. The van der Waals surface area contributed by atoms with Gasteiger partial charge >= 0.3 is 12.2 Å². The van der Waals surface area contributed by atoms with Crippen LogP contribution in [0.3, 0.4) is 0 Å². The quantitative estimate of drug-likeness (QED) is 0.404. The first-order valence-electron chi connectivity index (χ1n) is 8.83. The van der Waals surface area contributed by atoms with E-state index >= 15 is 0 Å². The van der Waals surface area contributed by atoms with Crippen LogP contribution in [0, 0.1) is 0 Å². The number of ether oxygens (including phenoxy) is 1. The first-order chi connectivity index (χ1) is 12.2. The summed E-state index contributed by atoms with van der Waals surface area (Å²) in [6, 6.07) is -0.921. The zero-order valence-corrected chi connectivity index (χ0v) is 17.0. The molecule has 10 nitrogen and oxygen atoms in total. The fraction of sp³-hybridized carbons (Fsp3) is 0.824. The largest absolute Gasteiger partial charge is 0.465 e. The van der Waals surface area contributed by atoms with Gasteiger partial charge in [0.05, 0.1) is 12.6 Å². The van der Waals surface area contributed by atoms with Crippen molar-refractivity contribution in [3.63, 3.8) is 0 Å². The van der Waals surface area contributed by atoms with Crippen molar-refractivity contribution in [2.45, 2.75) is 71.2 Å². The van der Waals surface area contributed by atoms with E-state index in [1.54, 1.807) is 41.5 Å². The lowest BCUT2D eigenvalue weighted by Gasteiger charge is -2.34. The molecule has 6 N–H and O–H groups in total. The Balaban J connectivity index is 4.72. The molecule has 10 heteroatoms. The summed E-state index contributed by atoms with van der Waals surface area (Å²) in [7, 11) is 0. The molecule has 0 fully saturated rings. The summed E-state index contributed by atoms with van der Waals surface area (Å²) in [6.07, 6.45) is -2.84. The average Bonchev–Trinajstić information content (AvgIpc) is 2.46. The minimum atomic E-state index is -1.17. The third-order valence-electron chi connectivity index (χ3n) is 3.41. The highest BCUT2D eigenvalue weighted by molar-refractivity contribution is 5.85. The Labute approximate surface area is 160 Å². The van der Waals surface area contributed by atoms with Crippen molar-refractivity contribution in [3.8, 4) is 0 Å². The maximum absolute atomic E-state index is 12.3. The Bertz CT molecular complexity index is 513. The van der Waals surface area contributed by atoms with Gasteiger partial charge in [-0.2, -0.15) is 0 Å². The molecule has 0 spiro atoms. The van der Waals surface area contributed by atoms with Crippen molar-refractivity contribution < 1.29 is 29.3 Å². The Kier molecular flexibility index (Phi) is 9.52. The van der Waals surface area contributed by atoms with E-state index in [9.17, 15) is 24.6 Å². The molecule has 2 atom stereocenters. The molecule has 0 aromatic carbocycles. The van der Waals surface area contributed by atoms with Gasteiger partial charge in [-0.15, -0.1) is 0 Å². The van der Waals surface area contributed by atoms with E-state index in [2.05, 4.69) is 10.6 Å². The smallest absolute Gasteiger partial charge is 0.408 e. The zero-order chi connectivity index (χ0) is 21.4. The molecule has 1 unspecified atom stereocenters. The predicted octanol–water partition coefficient (Wildman–Crippen LogP) is 0.484. The third kappa shape index (κ3) is 10.6. The van der Waals surface area contributed by atoms with E-state index in [1.165, 1.54) is 0 Å². The minimum absolute atomic E-state index is 0.160. The molecule has 158 valence electrons. The van der Waals surface area contributed by atoms with Gasteiger partial charge in [-0.1, -0.05) is 0 Å². The average molecular weight is 390 g/mol. The van der Waals surface area contributed by atoms with Gasteiger partial charge < -0.3 is 36.2 Å². The van der Waals surface area contributed by atoms with Crippen molar-refractivity contribution in [2.75, 3.05) is 19.6 Å². The highest BCUT2D eigenvalue weighted by Gasteiger charge is 2.29. The molecule has 0 aliphatic heterocycles. The zero-order valence-electron chi connectivity index (χ0n) is 17.0. The lowest BCUT2D eigenvalue weighted by molar-refractivity contribution is -0.123. The van der Waals surface area contributed by atoms with Gasteiger partial charge in [0.15, 0.2) is 0 Å². The molecular weight excluding hydrogens is 356 g/mol. The van der Waals surface area contributed by atoms with Crippen LogP contribution in [0.15, 0.2) is 0 Å². The first kappa shape index (κ1) is 24.9. The van der Waals surface area contributed by atoms with E-state index in [-0.39, 0.29) is 26.1 Å². The Hall–Kier alpha value is -2.07. The second-order valence-electron chi connectivity index (χ2n) is 8.24. The molecule has 0 aromatic rings. The number of nitrogens with two attached hydrogens (primary N) is 1. The molecule has 0 rings (SSSR count). The molecule has 0 heterocycles. The summed E-state index contributed by atoms with van der Waals surface area (Å²) >= 11 is 0. The summed E-state index contributed by atoms with van der Waals surface area (Å²) in [6.45, 7) is 10.0. The van der Waals surface area contributed by atoms with E-state index in [4.69, 9.17) is 10.5 Å². The van der Waals surface area contributed by atoms with Gasteiger partial charge in [0, 0.05) is 12.1 Å². The number of carbonyl (C=O) groups is 3. The number of nitrogens with one attached hydrogen (secondary N) is 2. The topological polar surface area (TPSA) is 154 Å². The van der Waals surface area contributed by atoms with Gasteiger partial charge in [0.2, 0.25) is 5.91 Å². The second kappa shape index (κ2) is 10.3. The van der Waals surface area contributed by atoms with Crippen LogP contribution < -0.4 is 16.4 Å². The van der Waals surface area contributed by atoms with Gasteiger partial charge in [0.25, 0.3) is 0 Å². The molecule has 0 saturated heterocycles. The maximum atomic E-state index is 12.3. The second-order valence-corrected chi connectivity index (χ2v) is 8.24. The molecule has 0 aliphatic carbocycles. The Morgan fingerprint density at radius 3 is 2.11 bits per heavy atom. The number of aliphatic hydroxyl groups is 1. The number of hydrogen-bond acceptors (Lipinski definition) is 6. The number of nitrogens with zero attached hydrogens (tertiary/aromatic N) is 1. The van der Waals surface area contributed by atoms with Crippen LogP contribution >= 0.6 is 0 Å². The van der Waals surface area contributed by atoms with Crippen LogP contribution in [-0.4, -0.2) is 76.1 Å². The molecule has 27 heavy (non-hydrogen) atoms. The summed E-state index contributed by atoms with van der Waals surface area (Å²) in [5.74, 6) is -0.539. The van der Waals surface area contributed by atoms with Crippen molar-refractivity contribution in [3.05, 3.63) is 0 Å². The number of hydrogen-bond donors (Lipinski definition) is 5. The summed E-state index contributed by atoms with van der Waals surface area (Å²) in [5, 5.41) is 24.2. The van der Waals surface area contributed by atoms with Crippen LogP contribution in [0.2, 0.25) is 0 Å². The summed E-state index contributed by atoms with van der Waals surface area (Å²) in [5.41, 5.74) is 4.07. The number of aliphatic hydroxyl groups excluding tert-OH is 1. The fourth-order valence-corrected chi connectivity index (χ4v) is 2.14. The molecule has 0 aliphatic rings. The van der Waals surface area contributed by atoms with Gasteiger partial charge in [0.1, 0.15) is 11.6 Å². The van der Waals surface area contributed by atoms with E-state index in [0.717, 1.165) is 4.90 Å². The van der Waals surface area contributed by atoms with Crippen LogP contribution in [-0.2, 0) is 9.53 Å². The lowest BCUT2D eigenvalue weighted by atomic mass is 10.1. The number of carboxylic acid groups (broad SMARTS) is 1. The van der Waals surface area contributed by atoms with Gasteiger partial charge in [-0.3, -0.25) is 4.79 Å². The maximum Gasteiger partial charge on any atom is 0.408 e. The number of rotatable bonds is 8. The Morgan fingerprint density at radius 2 is 1.70 bits per heavy atom. The van der Waals surface area contributed by atoms with Crippen molar-refractivity contribution in [2.24, 2.45) is 5.73 Å². The standard InChI is InChI=1S/C17H34N4O6/c1-16(2,3)21(15(25)26)10-11(22)9-19-13(23)12(7-8-18)20-14(24)27-17(4,5)6/h11-12,22H,7-10,18H2,1-6H3,(H,19,23)(H,20,24)(H,25,26)/t11?,12-/m0/s1. The number of amides is 3. The van der Waals surface area contributed by atoms with Crippen molar-refractivity contribution in [1.82, 2.24) is 15.5 Å². The third-order valence-corrected chi connectivity index (χ3v) is 3.41. The Morgan fingerprint density at radius 1 is 1.15 bits per heavy atom. The SMILES string of the molecule is CC(C)(C)OC(=O)N[C@@H](CCN)C(=O)NCC(O)CN(C(=O)O)C(C)(C)C. The summed E-state index contributed by atoms with van der Waals surface area (Å²) < 4.78 is 5.11. The highest BCUT2D eigenvalue weighted by atomic mass is 16.6. The fourth-order valence-electron chi connectivity index (χ4n) is 2.14. The highest BCUT2D eigenvalue weighted by Crippen LogP contribution is 2.13. The molecule has 0 radical (unpaired) electrons. The monoisotopic (exact) mass is 390 g/mol. The van der Waals surface area contributed by atoms with Crippen LogP contribution in [0.1, 0.15) is 48.0 Å². The van der Waals surface area contributed by atoms with Crippen molar-refractivity contribution >= 4 is 18.1 Å². The van der Waals surface area contributed by atoms with Crippen LogP contribution in [0.4, 0.5) is 9.59 Å². The molecule has 0 saturated carbocycles. The first-order valence-corrected chi connectivity index (χ1v) is 8.83. The lowest BCUT2D eigenvalue weighted by Crippen LogP contribution is -2.53. The normalized spacial score (nSPS) is 14.1. The number of β-amino-alcohol motifs (C(OH)–C–C–N with tert-alkyl or cyclic N) is 1.